The van der Waals surface area contributed by atoms with Gasteiger partial charge in [0.15, 0.2) is 0 Å². The quantitative estimate of drug-likeness (QED) is 0.240. The molecule has 0 radical (unpaired) electrons. The van der Waals surface area contributed by atoms with Gasteiger partial charge in [0.25, 0.3) is 11.5 Å². The highest BCUT2D eigenvalue weighted by molar-refractivity contribution is 6.19. The number of nitro benzene ring substituents is 1. The van der Waals surface area contributed by atoms with E-state index in [9.17, 15) is 19.7 Å². The number of rotatable bonds is 4. The molecule has 0 bridgehead atoms. The van der Waals surface area contributed by atoms with Crippen molar-refractivity contribution in [3.05, 3.63) is 39.4 Å². The number of piperidine rings is 1. The first-order valence-corrected chi connectivity index (χ1v) is 10.7. The lowest BCUT2D eigenvalue weighted by Crippen LogP contribution is -2.44. The molecule has 2 saturated heterocycles. The maximum absolute atomic E-state index is 12.7. The SMILES string of the molecule is CC[C@@H]1CCCCN1c1ccc([N+](=O)[O-])cc1C=C1C(=O)OC2(CCCC2)OC1=O. The Kier molecular flexibility index (Phi) is 5.49. The van der Waals surface area contributed by atoms with Crippen LogP contribution in [0.15, 0.2) is 23.8 Å². The summed E-state index contributed by atoms with van der Waals surface area (Å²) in [6.07, 6.45) is 8.21. The number of anilines is 1. The van der Waals surface area contributed by atoms with Crippen molar-refractivity contribution in [3.8, 4) is 0 Å². The summed E-state index contributed by atoms with van der Waals surface area (Å²) in [4.78, 5) is 38.4. The van der Waals surface area contributed by atoms with Crippen molar-refractivity contribution >= 4 is 29.4 Å². The minimum Gasteiger partial charge on any atom is -0.419 e. The molecule has 1 atom stereocenters. The summed E-state index contributed by atoms with van der Waals surface area (Å²) in [6.45, 7) is 2.94. The maximum atomic E-state index is 12.7. The summed E-state index contributed by atoms with van der Waals surface area (Å²) in [5.41, 5.74) is 0.914. The predicted octanol–water partition coefficient (Wildman–Crippen LogP) is 4.12. The van der Waals surface area contributed by atoms with Crippen molar-refractivity contribution < 1.29 is 24.0 Å². The molecule has 2 aliphatic heterocycles. The Labute approximate surface area is 175 Å². The van der Waals surface area contributed by atoms with Gasteiger partial charge in [-0.1, -0.05) is 6.92 Å². The summed E-state index contributed by atoms with van der Waals surface area (Å²) in [7, 11) is 0. The number of esters is 2. The number of carbonyl (C=O) groups excluding carboxylic acids is 2. The van der Waals surface area contributed by atoms with Gasteiger partial charge < -0.3 is 14.4 Å². The number of carbonyl (C=O) groups is 2. The van der Waals surface area contributed by atoms with Crippen molar-refractivity contribution in [3.63, 3.8) is 0 Å². The van der Waals surface area contributed by atoms with E-state index in [0.29, 0.717) is 24.4 Å². The Bertz CT molecular complexity index is 881. The zero-order valence-electron chi connectivity index (χ0n) is 17.1. The van der Waals surface area contributed by atoms with Crippen LogP contribution in [-0.4, -0.2) is 35.2 Å². The van der Waals surface area contributed by atoms with Crippen LogP contribution in [0.5, 0.6) is 0 Å². The molecule has 3 aliphatic rings. The van der Waals surface area contributed by atoms with Crippen LogP contribution in [0.3, 0.4) is 0 Å². The second kappa shape index (κ2) is 8.08. The van der Waals surface area contributed by atoms with Gasteiger partial charge in [0.2, 0.25) is 0 Å². The Morgan fingerprint density at radius 2 is 1.87 bits per heavy atom. The molecular formula is C22H26N2O6. The molecule has 0 N–H and O–H groups in total. The van der Waals surface area contributed by atoms with Crippen molar-refractivity contribution in [2.45, 2.75) is 70.1 Å². The van der Waals surface area contributed by atoms with Gasteiger partial charge in [-0.2, -0.15) is 0 Å². The molecular weight excluding hydrogens is 388 g/mol. The number of hydrogen-bond acceptors (Lipinski definition) is 7. The van der Waals surface area contributed by atoms with Crippen molar-refractivity contribution in [1.82, 2.24) is 0 Å². The fourth-order valence-corrected chi connectivity index (χ4v) is 4.72. The number of non-ortho nitro benzene ring substituents is 1. The van der Waals surface area contributed by atoms with E-state index in [1.54, 1.807) is 6.07 Å². The van der Waals surface area contributed by atoms with E-state index in [1.165, 1.54) is 18.2 Å². The highest BCUT2D eigenvalue weighted by Gasteiger charge is 2.48. The average Bonchev–Trinajstić information content (AvgIpc) is 3.17. The summed E-state index contributed by atoms with van der Waals surface area (Å²) in [5, 5.41) is 11.3. The molecule has 8 nitrogen and oxygen atoms in total. The van der Waals surface area contributed by atoms with E-state index in [4.69, 9.17) is 9.47 Å². The molecule has 1 spiro atoms. The van der Waals surface area contributed by atoms with Gasteiger partial charge in [-0.15, -0.1) is 0 Å². The minimum absolute atomic E-state index is 0.0968. The number of nitrogens with zero attached hydrogens (tertiary/aromatic N) is 2. The van der Waals surface area contributed by atoms with Gasteiger partial charge in [0.1, 0.15) is 5.57 Å². The molecule has 1 saturated carbocycles. The normalized spacial score (nSPS) is 23.3. The first-order chi connectivity index (χ1) is 14.4. The number of benzene rings is 1. The number of hydrogen-bond donors (Lipinski definition) is 0. The molecule has 160 valence electrons. The number of ether oxygens (including phenoxy) is 2. The third-order valence-corrected chi connectivity index (χ3v) is 6.29. The van der Waals surface area contributed by atoms with E-state index in [0.717, 1.165) is 50.8 Å². The third kappa shape index (κ3) is 3.78. The minimum atomic E-state index is -1.14. The van der Waals surface area contributed by atoms with E-state index in [2.05, 4.69) is 11.8 Å². The second-order valence-corrected chi connectivity index (χ2v) is 8.21. The molecule has 1 aromatic carbocycles. The first kappa shape index (κ1) is 20.4. The Hall–Kier alpha value is -2.90. The lowest BCUT2D eigenvalue weighted by atomic mass is 9.97. The van der Waals surface area contributed by atoms with Gasteiger partial charge in [0.05, 0.1) is 4.92 Å². The summed E-state index contributed by atoms with van der Waals surface area (Å²) in [6, 6.07) is 4.88. The summed E-state index contributed by atoms with van der Waals surface area (Å²) in [5.74, 6) is -2.59. The van der Waals surface area contributed by atoms with Gasteiger partial charge in [-0.3, -0.25) is 10.1 Å². The van der Waals surface area contributed by atoms with Crippen LogP contribution in [0.4, 0.5) is 11.4 Å². The summed E-state index contributed by atoms with van der Waals surface area (Å²) >= 11 is 0. The molecule has 2 heterocycles. The summed E-state index contributed by atoms with van der Waals surface area (Å²) < 4.78 is 11.0. The van der Waals surface area contributed by atoms with Crippen LogP contribution in [-0.2, 0) is 19.1 Å². The number of nitro groups is 1. The van der Waals surface area contributed by atoms with Crippen molar-refractivity contribution in [2.75, 3.05) is 11.4 Å². The molecule has 0 aromatic heterocycles. The highest BCUT2D eigenvalue weighted by atomic mass is 16.7. The van der Waals surface area contributed by atoms with Gasteiger partial charge in [-0.25, -0.2) is 9.59 Å². The van der Waals surface area contributed by atoms with Crippen molar-refractivity contribution in [2.24, 2.45) is 0 Å². The Morgan fingerprint density at radius 3 is 2.50 bits per heavy atom. The Balaban J connectivity index is 1.73. The maximum Gasteiger partial charge on any atom is 0.348 e. The van der Waals surface area contributed by atoms with Gasteiger partial charge in [0, 0.05) is 48.8 Å². The molecule has 1 aromatic rings. The van der Waals surface area contributed by atoms with E-state index < -0.39 is 22.6 Å². The monoisotopic (exact) mass is 414 g/mol. The third-order valence-electron chi connectivity index (χ3n) is 6.29. The standard InChI is InChI=1S/C22H26N2O6/c1-2-16-7-3-6-12-23(16)19-9-8-17(24(27)28)13-15(19)14-18-20(25)29-22(30-21(18)26)10-4-5-11-22/h8-9,13-14,16H,2-7,10-12H2,1H3/t16-/m1/s1. The lowest BCUT2D eigenvalue weighted by molar-refractivity contribution is -0.384. The van der Waals surface area contributed by atoms with E-state index in [1.807, 2.05) is 0 Å². The molecule has 0 amide bonds. The molecule has 4 rings (SSSR count). The van der Waals surface area contributed by atoms with Gasteiger partial charge >= 0.3 is 11.9 Å². The average molecular weight is 414 g/mol. The topological polar surface area (TPSA) is 99.0 Å². The van der Waals surface area contributed by atoms with Crippen LogP contribution in [0.25, 0.3) is 6.08 Å². The van der Waals surface area contributed by atoms with Crippen LogP contribution >= 0.6 is 0 Å². The second-order valence-electron chi connectivity index (χ2n) is 8.21. The zero-order valence-corrected chi connectivity index (χ0v) is 17.1. The molecule has 0 unspecified atom stereocenters. The van der Waals surface area contributed by atoms with E-state index >= 15 is 0 Å². The zero-order chi connectivity index (χ0) is 21.3. The molecule has 3 fully saturated rings. The first-order valence-electron chi connectivity index (χ1n) is 10.7. The Morgan fingerprint density at radius 1 is 1.17 bits per heavy atom. The fourth-order valence-electron chi connectivity index (χ4n) is 4.72. The van der Waals surface area contributed by atoms with Crippen LogP contribution in [0.2, 0.25) is 0 Å². The van der Waals surface area contributed by atoms with Crippen LogP contribution in [0, 0.1) is 10.1 Å². The van der Waals surface area contributed by atoms with Crippen LogP contribution in [0.1, 0.15) is 63.9 Å². The van der Waals surface area contributed by atoms with Crippen molar-refractivity contribution in [1.29, 1.82) is 0 Å². The molecule has 1 aliphatic carbocycles. The largest absolute Gasteiger partial charge is 0.419 e. The fraction of sp³-hybridized carbons (Fsp3) is 0.545. The highest BCUT2D eigenvalue weighted by Crippen LogP contribution is 2.39. The molecule has 30 heavy (non-hydrogen) atoms. The van der Waals surface area contributed by atoms with Crippen LogP contribution < -0.4 is 4.90 Å². The molecule has 8 heteroatoms. The lowest BCUT2D eigenvalue weighted by Gasteiger charge is -2.38. The van der Waals surface area contributed by atoms with Gasteiger partial charge in [-0.05, 0) is 50.7 Å². The smallest absolute Gasteiger partial charge is 0.348 e. The predicted molar refractivity (Wildman–Crippen MR) is 110 cm³/mol. The van der Waals surface area contributed by atoms with E-state index in [-0.39, 0.29) is 11.3 Å².